The van der Waals surface area contributed by atoms with E-state index < -0.39 is 0 Å². The Morgan fingerprint density at radius 2 is 2.11 bits per heavy atom. The first-order valence-corrected chi connectivity index (χ1v) is 7.23. The van der Waals surface area contributed by atoms with E-state index >= 15 is 0 Å². The van der Waals surface area contributed by atoms with Gasteiger partial charge >= 0.3 is 0 Å². The molecule has 100 valence electrons. The van der Waals surface area contributed by atoms with Crippen LogP contribution in [0.15, 0.2) is 18.2 Å². The summed E-state index contributed by atoms with van der Waals surface area (Å²) >= 11 is 5.69. The van der Waals surface area contributed by atoms with Gasteiger partial charge in [-0.15, -0.1) is 0 Å². The van der Waals surface area contributed by atoms with Crippen LogP contribution in [-0.2, 0) is 6.42 Å². The number of rotatable bonds is 6. The van der Waals surface area contributed by atoms with E-state index in [0.717, 1.165) is 31.0 Å². The third-order valence-corrected chi connectivity index (χ3v) is 4.20. The number of hydrogen-bond acceptors (Lipinski definition) is 1. The Balaban J connectivity index is 1.83. The molecule has 0 saturated heterocycles. The molecule has 18 heavy (non-hydrogen) atoms. The van der Waals surface area contributed by atoms with Gasteiger partial charge in [-0.1, -0.05) is 24.6 Å². The van der Waals surface area contributed by atoms with E-state index in [2.05, 4.69) is 12.2 Å². The summed E-state index contributed by atoms with van der Waals surface area (Å²) in [5, 5.41) is 3.69. The van der Waals surface area contributed by atoms with Gasteiger partial charge in [0, 0.05) is 0 Å². The molecule has 0 aliphatic heterocycles. The normalized spacial score (nSPS) is 22.8. The van der Waals surface area contributed by atoms with Crippen molar-refractivity contribution in [3.63, 3.8) is 0 Å². The molecule has 0 radical (unpaired) electrons. The number of hydrogen-bond donors (Lipinski definition) is 1. The molecule has 0 heterocycles. The molecule has 1 aromatic carbocycles. The highest BCUT2D eigenvalue weighted by atomic mass is 35.5. The zero-order valence-corrected chi connectivity index (χ0v) is 11.6. The van der Waals surface area contributed by atoms with Crippen LogP contribution in [0.2, 0.25) is 5.02 Å². The molecule has 1 saturated carbocycles. The second-order valence-electron chi connectivity index (χ2n) is 5.25. The van der Waals surface area contributed by atoms with Crippen LogP contribution >= 0.6 is 11.6 Å². The Bertz CT molecular complexity index is 394. The van der Waals surface area contributed by atoms with Crippen molar-refractivity contribution < 1.29 is 4.39 Å². The molecule has 0 bridgehead atoms. The first-order chi connectivity index (χ1) is 8.70. The highest BCUT2D eigenvalue weighted by Crippen LogP contribution is 2.36. The van der Waals surface area contributed by atoms with Crippen molar-refractivity contribution in [1.29, 1.82) is 0 Å². The zero-order valence-electron chi connectivity index (χ0n) is 10.9. The van der Waals surface area contributed by atoms with Crippen molar-refractivity contribution in [3.05, 3.63) is 34.6 Å². The van der Waals surface area contributed by atoms with Gasteiger partial charge in [-0.05, 0) is 68.3 Å². The lowest BCUT2D eigenvalue weighted by molar-refractivity contribution is 0.171. The Labute approximate surface area is 114 Å². The Kier molecular flexibility index (Phi) is 5.02. The number of nitrogens with one attached hydrogen (secondary N) is 1. The fraction of sp³-hybridized carbons (Fsp3) is 0.600. The van der Waals surface area contributed by atoms with Crippen LogP contribution in [0.25, 0.3) is 0 Å². The summed E-state index contributed by atoms with van der Waals surface area (Å²) in [5.41, 5.74) is 1.07. The van der Waals surface area contributed by atoms with Gasteiger partial charge < -0.3 is 5.32 Å². The van der Waals surface area contributed by atoms with Gasteiger partial charge in [-0.25, -0.2) is 4.39 Å². The maximum atomic E-state index is 13.4. The van der Waals surface area contributed by atoms with E-state index in [1.54, 1.807) is 12.1 Å². The molecule has 0 aromatic heterocycles. The van der Waals surface area contributed by atoms with Crippen molar-refractivity contribution in [2.45, 2.75) is 32.6 Å². The molecule has 2 unspecified atom stereocenters. The van der Waals surface area contributed by atoms with Gasteiger partial charge in [-0.2, -0.15) is 0 Å². The Morgan fingerprint density at radius 3 is 2.72 bits per heavy atom. The molecular formula is C15H21ClFN. The van der Waals surface area contributed by atoms with Crippen molar-refractivity contribution in [2.24, 2.45) is 11.8 Å². The third-order valence-electron chi connectivity index (χ3n) is 3.89. The van der Waals surface area contributed by atoms with E-state index in [1.165, 1.54) is 19.3 Å². The molecule has 1 aromatic rings. The largest absolute Gasteiger partial charge is 0.316 e. The average molecular weight is 270 g/mol. The topological polar surface area (TPSA) is 12.0 Å². The summed E-state index contributed by atoms with van der Waals surface area (Å²) < 4.78 is 13.4. The summed E-state index contributed by atoms with van der Waals surface area (Å²) in [4.78, 5) is 0. The SMILES string of the molecule is CCCNCC1CCC1Cc1ccc(Cl)c(F)c1. The lowest BCUT2D eigenvalue weighted by Gasteiger charge is -2.37. The first kappa shape index (κ1) is 13.8. The molecule has 1 nitrogen and oxygen atoms in total. The molecule has 2 rings (SSSR count). The number of benzene rings is 1. The van der Waals surface area contributed by atoms with Crippen LogP contribution in [0.1, 0.15) is 31.7 Å². The molecule has 2 atom stereocenters. The lowest BCUT2D eigenvalue weighted by Crippen LogP contribution is -2.36. The van der Waals surface area contributed by atoms with Gasteiger partial charge in [0.25, 0.3) is 0 Å². The maximum absolute atomic E-state index is 13.4. The van der Waals surface area contributed by atoms with Crippen molar-refractivity contribution >= 4 is 11.6 Å². The number of halogens is 2. The third kappa shape index (κ3) is 3.46. The molecule has 0 spiro atoms. The predicted molar refractivity (Wildman–Crippen MR) is 74.5 cm³/mol. The minimum Gasteiger partial charge on any atom is -0.316 e. The summed E-state index contributed by atoms with van der Waals surface area (Å²) in [6.45, 7) is 4.38. The quantitative estimate of drug-likeness (QED) is 0.769. The van der Waals surface area contributed by atoms with Gasteiger partial charge in [-0.3, -0.25) is 0 Å². The molecule has 1 N–H and O–H groups in total. The molecule has 1 aliphatic rings. The average Bonchev–Trinajstić information content (AvgIpc) is 2.34. The standard InChI is InChI=1S/C15H21ClFN/c1-2-7-18-10-13-5-4-12(13)8-11-3-6-14(16)15(17)9-11/h3,6,9,12-13,18H,2,4-5,7-8,10H2,1H3. The monoisotopic (exact) mass is 269 g/mol. The lowest BCUT2D eigenvalue weighted by atomic mass is 9.70. The zero-order chi connectivity index (χ0) is 13.0. The van der Waals surface area contributed by atoms with Crippen LogP contribution in [0, 0.1) is 17.7 Å². The molecular weight excluding hydrogens is 249 g/mol. The van der Waals surface area contributed by atoms with Crippen LogP contribution in [0.4, 0.5) is 4.39 Å². The first-order valence-electron chi connectivity index (χ1n) is 6.85. The summed E-state index contributed by atoms with van der Waals surface area (Å²) in [6.07, 6.45) is 4.73. The molecule has 3 heteroatoms. The van der Waals surface area contributed by atoms with E-state index in [9.17, 15) is 4.39 Å². The van der Waals surface area contributed by atoms with Crippen molar-refractivity contribution in [3.8, 4) is 0 Å². The van der Waals surface area contributed by atoms with Gasteiger partial charge in [0.05, 0.1) is 5.02 Å². The van der Waals surface area contributed by atoms with Gasteiger partial charge in [0.2, 0.25) is 0 Å². The van der Waals surface area contributed by atoms with Crippen LogP contribution in [-0.4, -0.2) is 13.1 Å². The van der Waals surface area contributed by atoms with E-state index in [-0.39, 0.29) is 10.8 Å². The van der Waals surface area contributed by atoms with Gasteiger partial charge in [0.15, 0.2) is 0 Å². The second kappa shape index (κ2) is 6.53. The minimum atomic E-state index is -0.297. The highest BCUT2D eigenvalue weighted by molar-refractivity contribution is 6.30. The molecule has 0 amide bonds. The van der Waals surface area contributed by atoms with E-state index in [1.807, 2.05) is 6.07 Å². The second-order valence-corrected chi connectivity index (χ2v) is 5.66. The van der Waals surface area contributed by atoms with Crippen LogP contribution in [0.5, 0.6) is 0 Å². The summed E-state index contributed by atoms with van der Waals surface area (Å²) in [7, 11) is 0. The predicted octanol–water partition coefficient (Wildman–Crippen LogP) is 4.05. The van der Waals surface area contributed by atoms with E-state index in [0.29, 0.717) is 5.92 Å². The van der Waals surface area contributed by atoms with Crippen molar-refractivity contribution in [2.75, 3.05) is 13.1 Å². The Morgan fingerprint density at radius 1 is 1.33 bits per heavy atom. The van der Waals surface area contributed by atoms with Crippen LogP contribution < -0.4 is 5.32 Å². The van der Waals surface area contributed by atoms with Crippen LogP contribution in [0.3, 0.4) is 0 Å². The fourth-order valence-corrected chi connectivity index (χ4v) is 2.73. The smallest absolute Gasteiger partial charge is 0.142 e. The summed E-state index contributed by atoms with van der Waals surface area (Å²) in [6, 6.07) is 5.19. The molecule has 1 fully saturated rings. The Hall–Kier alpha value is -0.600. The highest BCUT2D eigenvalue weighted by Gasteiger charge is 2.30. The maximum Gasteiger partial charge on any atom is 0.142 e. The molecule has 1 aliphatic carbocycles. The minimum absolute atomic E-state index is 0.216. The van der Waals surface area contributed by atoms with E-state index in [4.69, 9.17) is 11.6 Å². The van der Waals surface area contributed by atoms with Crippen molar-refractivity contribution in [1.82, 2.24) is 5.32 Å². The van der Waals surface area contributed by atoms with Gasteiger partial charge in [0.1, 0.15) is 5.82 Å². The fourth-order valence-electron chi connectivity index (χ4n) is 2.61. The summed E-state index contributed by atoms with van der Waals surface area (Å²) in [5.74, 6) is 1.17.